The highest BCUT2D eigenvalue weighted by atomic mass is 16.3. The van der Waals surface area contributed by atoms with Gasteiger partial charge < -0.3 is 14.3 Å². The van der Waals surface area contributed by atoms with Gasteiger partial charge in [-0.15, -0.1) is 0 Å². The maximum absolute atomic E-state index is 5.72. The maximum Gasteiger partial charge on any atom is 0.134 e. The zero-order chi connectivity index (χ0) is 18.2. The summed E-state index contributed by atoms with van der Waals surface area (Å²) in [5.41, 5.74) is 6.19. The quantitative estimate of drug-likeness (QED) is 0.579. The standard InChI is InChI=1S/C23H25N3O/c1-17-5-6-23-20(15-17)18(16-27-23)8-10-25-11-13-26(14-12-25)22-4-2-3-21-19(22)7-9-24-21/h2-7,9,15-16,24H,8,10-14H2,1H3. The van der Waals surface area contributed by atoms with Crippen LogP contribution in [-0.2, 0) is 6.42 Å². The van der Waals surface area contributed by atoms with Gasteiger partial charge in [-0.1, -0.05) is 17.7 Å². The zero-order valence-electron chi connectivity index (χ0n) is 15.7. The van der Waals surface area contributed by atoms with Crippen LogP contribution < -0.4 is 4.90 Å². The van der Waals surface area contributed by atoms with E-state index in [2.05, 4.69) is 64.2 Å². The van der Waals surface area contributed by atoms with Gasteiger partial charge in [-0.05, 0) is 49.2 Å². The number of H-pyrrole nitrogens is 1. The molecule has 5 rings (SSSR count). The van der Waals surface area contributed by atoms with Crippen molar-refractivity contribution in [1.29, 1.82) is 0 Å². The van der Waals surface area contributed by atoms with Crippen molar-refractivity contribution in [1.82, 2.24) is 9.88 Å². The number of furan rings is 1. The van der Waals surface area contributed by atoms with Crippen molar-refractivity contribution in [3.63, 3.8) is 0 Å². The highest BCUT2D eigenvalue weighted by Crippen LogP contribution is 2.27. The Kier molecular flexibility index (Phi) is 4.13. The number of benzene rings is 2. The van der Waals surface area contributed by atoms with Gasteiger partial charge in [0, 0.05) is 60.9 Å². The second-order valence-electron chi connectivity index (χ2n) is 7.56. The van der Waals surface area contributed by atoms with Crippen LogP contribution in [0.5, 0.6) is 0 Å². The number of aromatic amines is 1. The molecule has 27 heavy (non-hydrogen) atoms. The van der Waals surface area contributed by atoms with E-state index >= 15 is 0 Å². The van der Waals surface area contributed by atoms with Crippen LogP contribution in [0.4, 0.5) is 5.69 Å². The molecular formula is C23H25N3O. The van der Waals surface area contributed by atoms with E-state index in [1.54, 1.807) is 0 Å². The third-order valence-corrected chi connectivity index (χ3v) is 5.79. The summed E-state index contributed by atoms with van der Waals surface area (Å²) in [6.45, 7) is 7.60. The average molecular weight is 359 g/mol. The first-order valence-corrected chi connectivity index (χ1v) is 9.78. The van der Waals surface area contributed by atoms with E-state index in [1.807, 2.05) is 12.5 Å². The molecule has 0 radical (unpaired) electrons. The fourth-order valence-electron chi connectivity index (χ4n) is 4.22. The first kappa shape index (κ1) is 16.5. The summed E-state index contributed by atoms with van der Waals surface area (Å²) >= 11 is 0. The SMILES string of the molecule is Cc1ccc2occ(CCN3CCN(c4cccc5[nH]ccc45)CC3)c2c1. The van der Waals surface area contributed by atoms with Gasteiger partial charge >= 0.3 is 0 Å². The second-order valence-corrected chi connectivity index (χ2v) is 7.56. The predicted octanol–water partition coefficient (Wildman–Crippen LogP) is 4.59. The number of nitrogens with zero attached hydrogens (tertiary/aromatic N) is 2. The monoisotopic (exact) mass is 359 g/mol. The van der Waals surface area contributed by atoms with Crippen LogP contribution in [0, 0.1) is 6.92 Å². The molecule has 1 N–H and O–H groups in total. The Morgan fingerprint density at radius 3 is 2.78 bits per heavy atom. The fraction of sp³-hybridized carbons (Fsp3) is 0.304. The zero-order valence-corrected chi connectivity index (χ0v) is 15.7. The van der Waals surface area contributed by atoms with E-state index in [0.717, 1.165) is 44.7 Å². The van der Waals surface area contributed by atoms with Gasteiger partial charge in [0.2, 0.25) is 0 Å². The van der Waals surface area contributed by atoms with E-state index in [9.17, 15) is 0 Å². The maximum atomic E-state index is 5.72. The molecule has 4 nitrogen and oxygen atoms in total. The molecule has 3 heterocycles. The molecule has 0 atom stereocenters. The first-order valence-electron chi connectivity index (χ1n) is 9.78. The number of rotatable bonds is 4. The average Bonchev–Trinajstić information content (AvgIpc) is 3.33. The second kappa shape index (κ2) is 6.78. The molecule has 4 heteroatoms. The normalized spacial score (nSPS) is 15.8. The lowest BCUT2D eigenvalue weighted by Crippen LogP contribution is -2.47. The third-order valence-electron chi connectivity index (χ3n) is 5.79. The molecule has 0 amide bonds. The van der Waals surface area contributed by atoms with Crippen molar-refractivity contribution in [3.8, 4) is 0 Å². The summed E-state index contributed by atoms with van der Waals surface area (Å²) in [7, 11) is 0. The van der Waals surface area contributed by atoms with Gasteiger partial charge in [-0.2, -0.15) is 0 Å². The largest absolute Gasteiger partial charge is 0.464 e. The van der Waals surface area contributed by atoms with E-state index in [4.69, 9.17) is 4.42 Å². The summed E-state index contributed by atoms with van der Waals surface area (Å²) in [4.78, 5) is 8.41. The number of fused-ring (bicyclic) bond motifs is 2. The van der Waals surface area contributed by atoms with Crippen LogP contribution in [0.3, 0.4) is 0 Å². The number of hydrogen-bond donors (Lipinski definition) is 1. The highest BCUT2D eigenvalue weighted by Gasteiger charge is 2.19. The van der Waals surface area contributed by atoms with Gasteiger partial charge in [0.25, 0.3) is 0 Å². The van der Waals surface area contributed by atoms with Crippen molar-refractivity contribution in [2.24, 2.45) is 0 Å². The van der Waals surface area contributed by atoms with Crippen molar-refractivity contribution in [3.05, 3.63) is 66.1 Å². The van der Waals surface area contributed by atoms with Gasteiger partial charge in [0.15, 0.2) is 0 Å². The summed E-state index contributed by atoms with van der Waals surface area (Å²) < 4.78 is 5.72. The number of hydrogen-bond acceptors (Lipinski definition) is 3. The highest BCUT2D eigenvalue weighted by molar-refractivity contribution is 5.92. The molecule has 2 aromatic carbocycles. The van der Waals surface area contributed by atoms with E-state index in [0.29, 0.717) is 0 Å². The number of nitrogens with one attached hydrogen (secondary N) is 1. The van der Waals surface area contributed by atoms with Crippen molar-refractivity contribution >= 4 is 27.6 Å². The lowest BCUT2D eigenvalue weighted by atomic mass is 10.1. The van der Waals surface area contributed by atoms with Crippen LogP contribution in [0.15, 0.2) is 59.3 Å². The lowest BCUT2D eigenvalue weighted by molar-refractivity contribution is 0.261. The Labute approximate surface area is 159 Å². The van der Waals surface area contributed by atoms with Crippen LogP contribution in [-0.4, -0.2) is 42.6 Å². The van der Waals surface area contributed by atoms with Crippen molar-refractivity contribution in [2.75, 3.05) is 37.6 Å². The number of piperazine rings is 1. The topological polar surface area (TPSA) is 35.4 Å². The minimum absolute atomic E-state index is 1.00. The molecule has 1 saturated heterocycles. The molecule has 2 aromatic heterocycles. The predicted molar refractivity (Wildman–Crippen MR) is 112 cm³/mol. The third kappa shape index (κ3) is 3.10. The van der Waals surface area contributed by atoms with Crippen LogP contribution in [0.1, 0.15) is 11.1 Å². The Morgan fingerprint density at radius 1 is 1.00 bits per heavy atom. The van der Waals surface area contributed by atoms with Crippen molar-refractivity contribution < 1.29 is 4.42 Å². The molecule has 0 spiro atoms. The Bertz CT molecular complexity index is 1070. The Balaban J connectivity index is 1.23. The minimum atomic E-state index is 1.00. The van der Waals surface area contributed by atoms with E-state index < -0.39 is 0 Å². The Morgan fingerprint density at radius 2 is 1.89 bits per heavy atom. The molecule has 138 valence electrons. The summed E-state index contributed by atoms with van der Waals surface area (Å²) in [6, 6.07) is 15.1. The lowest BCUT2D eigenvalue weighted by Gasteiger charge is -2.36. The molecule has 0 bridgehead atoms. The molecule has 0 aliphatic carbocycles. The molecule has 0 unspecified atom stereocenters. The molecule has 1 aliphatic rings. The molecule has 1 aliphatic heterocycles. The minimum Gasteiger partial charge on any atom is -0.464 e. The number of aryl methyl sites for hydroxylation is 1. The van der Waals surface area contributed by atoms with Gasteiger partial charge in [-0.3, -0.25) is 4.90 Å². The molecular weight excluding hydrogens is 334 g/mol. The first-order chi connectivity index (χ1) is 13.3. The van der Waals surface area contributed by atoms with Crippen molar-refractivity contribution in [2.45, 2.75) is 13.3 Å². The molecule has 1 fully saturated rings. The summed E-state index contributed by atoms with van der Waals surface area (Å²) in [6.07, 6.45) is 5.01. The van der Waals surface area contributed by atoms with E-state index in [-0.39, 0.29) is 0 Å². The van der Waals surface area contributed by atoms with Gasteiger partial charge in [0.05, 0.1) is 6.26 Å². The van der Waals surface area contributed by atoms with Crippen LogP contribution in [0.2, 0.25) is 0 Å². The smallest absolute Gasteiger partial charge is 0.134 e. The van der Waals surface area contributed by atoms with Crippen LogP contribution in [0.25, 0.3) is 21.9 Å². The molecule has 4 aromatic rings. The van der Waals surface area contributed by atoms with Gasteiger partial charge in [0.1, 0.15) is 5.58 Å². The number of anilines is 1. The number of aromatic nitrogens is 1. The summed E-state index contributed by atoms with van der Waals surface area (Å²) in [5, 5.41) is 2.60. The molecule has 0 saturated carbocycles. The van der Waals surface area contributed by atoms with Crippen LogP contribution >= 0.6 is 0 Å². The van der Waals surface area contributed by atoms with Gasteiger partial charge in [-0.25, -0.2) is 0 Å². The summed E-state index contributed by atoms with van der Waals surface area (Å²) in [5.74, 6) is 0. The van der Waals surface area contributed by atoms with E-state index in [1.165, 1.54) is 33.1 Å². The Hall–Kier alpha value is -2.72. The fourth-order valence-corrected chi connectivity index (χ4v) is 4.22.